The van der Waals surface area contributed by atoms with Crippen LogP contribution in [0.4, 0.5) is 11.4 Å². The predicted molar refractivity (Wildman–Crippen MR) is 136 cm³/mol. The van der Waals surface area contributed by atoms with Crippen molar-refractivity contribution in [1.82, 2.24) is 0 Å². The first kappa shape index (κ1) is 26.4. The van der Waals surface area contributed by atoms with E-state index in [4.69, 9.17) is 18.9 Å². The molecule has 11 heteroatoms. The summed E-state index contributed by atoms with van der Waals surface area (Å²) < 4.78 is 21.1. The maximum atomic E-state index is 12.4. The third-order valence-electron chi connectivity index (χ3n) is 5.09. The maximum Gasteiger partial charge on any atom is 0.336 e. The molecule has 190 valence electrons. The van der Waals surface area contributed by atoms with Crippen molar-refractivity contribution >= 4 is 35.6 Å². The van der Waals surface area contributed by atoms with Crippen LogP contribution < -0.4 is 18.9 Å². The molecule has 3 rings (SSSR count). The van der Waals surface area contributed by atoms with Crippen molar-refractivity contribution in [2.45, 2.75) is 0 Å². The third-order valence-corrected chi connectivity index (χ3v) is 5.09. The van der Waals surface area contributed by atoms with E-state index in [-0.39, 0.29) is 22.7 Å². The number of carbonyl (C=O) groups is 1. The molecule has 0 aliphatic rings. The normalized spacial score (nSPS) is 10.9. The smallest absolute Gasteiger partial charge is 0.336 e. The molecule has 37 heavy (non-hydrogen) atoms. The summed E-state index contributed by atoms with van der Waals surface area (Å²) in [6.07, 6.45) is 5.83. The summed E-state index contributed by atoms with van der Waals surface area (Å²) in [5, 5.41) is 22.2. The van der Waals surface area contributed by atoms with E-state index in [1.807, 2.05) is 0 Å². The number of nitro benzene ring substituents is 2. The Morgan fingerprint density at radius 2 is 1.30 bits per heavy atom. The zero-order chi connectivity index (χ0) is 26.9. The number of hydrogen-bond acceptors (Lipinski definition) is 9. The lowest BCUT2D eigenvalue weighted by Gasteiger charge is -2.09. The summed E-state index contributed by atoms with van der Waals surface area (Å²) >= 11 is 0. The Hall–Kier alpha value is -5.19. The van der Waals surface area contributed by atoms with Gasteiger partial charge in [0.05, 0.1) is 42.8 Å². The first-order valence-electron chi connectivity index (χ1n) is 10.7. The van der Waals surface area contributed by atoms with Crippen LogP contribution in [0.15, 0.2) is 60.7 Å². The van der Waals surface area contributed by atoms with Crippen molar-refractivity contribution < 1.29 is 33.6 Å². The molecule has 0 saturated carbocycles. The van der Waals surface area contributed by atoms with Crippen LogP contribution in [0.25, 0.3) is 18.2 Å². The molecule has 0 aromatic heterocycles. The van der Waals surface area contributed by atoms with Gasteiger partial charge in [0.25, 0.3) is 11.4 Å². The van der Waals surface area contributed by atoms with Crippen molar-refractivity contribution in [2.75, 3.05) is 21.3 Å². The van der Waals surface area contributed by atoms with E-state index in [9.17, 15) is 25.0 Å². The lowest BCUT2D eigenvalue weighted by atomic mass is 10.1. The Labute approximate surface area is 211 Å². The van der Waals surface area contributed by atoms with E-state index in [0.29, 0.717) is 22.6 Å². The van der Waals surface area contributed by atoms with Gasteiger partial charge in [-0.15, -0.1) is 0 Å². The molecular weight excluding hydrogens is 484 g/mol. The Morgan fingerprint density at radius 3 is 1.89 bits per heavy atom. The highest BCUT2D eigenvalue weighted by Crippen LogP contribution is 2.31. The fraction of sp³-hybridized carbons (Fsp3) is 0.115. The molecule has 0 spiro atoms. The molecule has 0 radical (unpaired) electrons. The first-order chi connectivity index (χ1) is 17.7. The topological polar surface area (TPSA) is 140 Å². The van der Waals surface area contributed by atoms with Gasteiger partial charge >= 0.3 is 5.97 Å². The highest BCUT2D eigenvalue weighted by molar-refractivity contribution is 5.89. The highest BCUT2D eigenvalue weighted by atomic mass is 16.6. The number of hydrogen-bond donors (Lipinski definition) is 0. The predicted octanol–water partition coefficient (Wildman–Crippen LogP) is 5.32. The molecule has 0 unspecified atom stereocenters. The van der Waals surface area contributed by atoms with E-state index < -0.39 is 21.5 Å². The number of non-ortho nitro benzene ring substituents is 1. The van der Waals surface area contributed by atoms with Crippen molar-refractivity contribution in [1.29, 1.82) is 0 Å². The molecule has 11 nitrogen and oxygen atoms in total. The SMILES string of the molecule is COc1ccc(/C=C/C(=O)Oc2ccc(/C=C/c3ccc([N+](=O)[O-])cc3[N+](=O)[O-])cc2OC)cc1OC. The van der Waals surface area contributed by atoms with Gasteiger partial charge in [-0.3, -0.25) is 20.2 Å². The molecule has 0 N–H and O–H groups in total. The number of nitro groups is 2. The third kappa shape index (κ3) is 6.69. The molecule has 0 heterocycles. The van der Waals surface area contributed by atoms with Crippen LogP contribution in [0.3, 0.4) is 0 Å². The molecule has 0 aliphatic carbocycles. The second-order valence-electron chi connectivity index (χ2n) is 7.37. The van der Waals surface area contributed by atoms with Crippen molar-refractivity contribution in [3.8, 4) is 23.0 Å². The number of ether oxygens (including phenoxy) is 4. The second kappa shape index (κ2) is 12.0. The number of nitrogens with zero attached hydrogens (tertiary/aromatic N) is 2. The summed E-state index contributed by atoms with van der Waals surface area (Å²) in [4.78, 5) is 33.2. The maximum absolute atomic E-state index is 12.4. The van der Waals surface area contributed by atoms with Crippen LogP contribution in [0.1, 0.15) is 16.7 Å². The molecule has 0 aliphatic heterocycles. The highest BCUT2D eigenvalue weighted by Gasteiger charge is 2.18. The monoisotopic (exact) mass is 506 g/mol. The van der Waals surface area contributed by atoms with Crippen LogP contribution in [-0.2, 0) is 4.79 Å². The van der Waals surface area contributed by atoms with Crippen LogP contribution in [0.2, 0.25) is 0 Å². The van der Waals surface area contributed by atoms with Gasteiger partial charge in [0.15, 0.2) is 23.0 Å². The van der Waals surface area contributed by atoms with E-state index in [2.05, 4.69) is 0 Å². The number of carbonyl (C=O) groups excluding carboxylic acids is 1. The molecular formula is C26H22N2O9. The van der Waals surface area contributed by atoms with Gasteiger partial charge in [-0.25, -0.2) is 4.79 Å². The van der Waals surface area contributed by atoms with Crippen LogP contribution in [0, 0.1) is 20.2 Å². The minimum Gasteiger partial charge on any atom is -0.493 e. The summed E-state index contributed by atoms with van der Waals surface area (Å²) in [7, 11) is 4.44. The average molecular weight is 506 g/mol. The molecule has 0 saturated heterocycles. The molecule has 0 amide bonds. The Balaban J connectivity index is 1.76. The number of methoxy groups -OCH3 is 3. The summed E-state index contributed by atoms with van der Waals surface area (Å²) in [6.45, 7) is 0. The minimum absolute atomic E-state index is 0.169. The van der Waals surface area contributed by atoms with E-state index in [1.165, 1.54) is 51.7 Å². The van der Waals surface area contributed by atoms with Gasteiger partial charge in [-0.2, -0.15) is 0 Å². The Bertz CT molecular complexity index is 1400. The van der Waals surface area contributed by atoms with Gasteiger partial charge in [-0.1, -0.05) is 18.2 Å². The average Bonchev–Trinajstić information content (AvgIpc) is 2.90. The van der Waals surface area contributed by atoms with E-state index >= 15 is 0 Å². The largest absolute Gasteiger partial charge is 0.493 e. The van der Waals surface area contributed by atoms with E-state index in [1.54, 1.807) is 42.5 Å². The summed E-state index contributed by atoms with van der Waals surface area (Å²) in [5.41, 5.74) is 0.694. The molecule has 0 atom stereocenters. The number of rotatable bonds is 10. The van der Waals surface area contributed by atoms with Gasteiger partial charge in [-0.05, 0) is 53.6 Å². The quantitative estimate of drug-likeness (QED) is 0.0892. The van der Waals surface area contributed by atoms with Gasteiger partial charge in [0.1, 0.15) is 0 Å². The van der Waals surface area contributed by atoms with Crippen molar-refractivity contribution in [2.24, 2.45) is 0 Å². The standard InChI is InChI=1S/C26H22N2O9/c1-34-22-11-5-18(14-24(22)35-2)7-13-26(29)37-23-12-6-17(15-25(23)36-3)4-8-19-9-10-20(27(30)31)16-21(19)28(32)33/h4-16H,1-3H3/b8-4+,13-7+. The lowest BCUT2D eigenvalue weighted by Crippen LogP contribution is -2.05. The zero-order valence-electron chi connectivity index (χ0n) is 20.1. The van der Waals surface area contributed by atoms with Crippen molar-refractivity contribution in [3.63, 3.8) is 0 Å². The number of esters is 1. The van der Waals surface area contributed by atoms with Gasteiger partial charge < -0.3 is 18.9 Å². The minimum atomic E-state index is -0.700. The molecule has 3 aromatic carbocycles. The fourth-order valence-corrected chi connectivity index (χ4v) is 3.27. The van der Waals surface area contributed by atoms with Crippen LogP contribution in [0.5, 0.6) is 23.0 Å². The molecule has 0 bridgehead atoms. The Morgan fingerprint density at radius 1 is 0.703 bits per heavy atom. The number of benzene rings is 3. The fourth-order valence-electron chi connectivity index (χ4n) is 3.27. The van der Waals surface area contributed by atoms with Crippen LogP contribution >= 0.6 is 0 Å². The second-order valence-corrected chi connectivity index (χ2v) is 7.37. The molecule has 3 aromatic rings. The Kier molecular flexibility index (Phi) is 8.55. The summed E-state index contributed by atoms with van der Waals surface area (Å²) in [5.74, 6) is 0.862. The van der Waals surface area contributed by atoms with Gasteiger partial charge in [0, 0.05) is 12.1 Å². The van der Waals surface area contributed by atoms with Gasteiger partial charge in [0.2, 0.25) is 0 Å². The first-order valence-corrected chi connectivity index (χ1v) is 10.7. The van der Waals surface area contributed by atoms with E-state index in [0.717, 1.165) is 6.07 Å². The van der Waals surface area contributed by atoms with Crippen LogP contribution in [-0.4, -0.2) is 37.1 Å². The molecule has 0 fully saturated rings. The summed E-state index contributed by atoms with van der Waals surface area (Å²) in [6, 6.07) is 13.3. The van der Waals surface area contributed by atoms with Crippen molar-refractivity contribution in [3.05, 3.63) is 97.6 Å². The zero-order valence-corrected chi connectivity index (χ0v) is 20.1. The lowest BCUT2D eigenvalue weighted by molar-refractivity contribution is -0.394.